The van der Waals surface area contributed by atoms with E-state index in [4.69, 9.17) is 28.4 Å². The largest absolute Gasteiger partial charge is 0.480 e. The Morgan fingerprint density at radius 3 is 1.76 bits per heavy atom. The van der Waals surface area contributed by atoms with Gasteiger partial charge in [0.15, 0.2) is 24.1 Å². The van der Waals surface area contributed by atoms with Crippen molar-refractivity contribution in [2.45, 2.75) is 124 Å². The van der Waals surface area contributed by atoms with Gasteiger partial charge in [-0.15, -0.1) is 0 Å². The number of carboxylic acids is 1. The fraction of sp³-hybridized carbons (Fsp3) is 0.645. The Kier molecular flexibility index (Phi) is 15.8. The number of alkyl carbamates (subject to hydrolysis) is 2. The van der Waals surface area contributed by atoms with Crippen LogP contribution in [0.25, 0.3) is 0 Å². The Bertz CT molecular complexity index is 1380. The number of aliphatic imine (C=N–C) groups is 1. The van der Waals surface area contributed by atoms with E-state index in [0.29, 0.717) is 0 Å². The monoisotopic (exact) mass is 729 g/mol. The third-order valence-electron chi connectivity index (χ3n) is 5.90. The zero-order chi connectivity index (χ0) is 39.4. The van der Waals surface area contributed by atoms with Crippen LogP contribution in [-0.4, -0.2) is 113 Å². The van der Waals surface area contributed by atoms with Crippen LogP contribution in [-0.2, 0) is 57.2 Å². The molecule has 1 rings (SSSR count). The highest BCUT2D eigenvalue weighted by Gasteiger charge is 2.48. The number of carbonyl (C=O) groups excluding carboxylic acids is 7. The maximum Gasteiger partial charge on any atom is 0.414 e. The number of nitrogens with one attached hydrogen (secondary N) is 4. The number of esters is 3. The number of nitrogens with zero attached hydrogens (tertiary/aromatic N) is 1. The van der Waals surface area contributed by atoms with Crippen LogP contribution in [0.1, 0.15) is 76.2 Å². The summed E-state index contributed by atoms with van der Waals surface area (Å²) >= 11 is 0. The van der Waals surface area contributed by atoms with Crippen molar-refractivity contribution in [3.8, 4) is 0 Å². The van der Waals surface area contributed by atoms with Gasteiger partial charge in [0.05, 0.1) is 12.1 Å². The first-order valence-corrected chi connectivity index (χ1v) is 15.5. The minimum Gasteiger partial charge on any atom is -0.480 e. The van der Waals surface area contributed by atoms with Crippen molar-refractivity contribution < 1.29 is 71.9 Å². The van der Waals surface area contributed by atoms with Crippen molar-refractivity contribution in [2.24, 2.45) is 4.99 Å². The summed E-state index contributed by atoms with van der Waals surface area (Å²) < 4.78 is 32.3. The summed E-state index contributed by atoms with van der Waals surface area (Å²) in [6.07, 6.45) is -6.25. The number of hydrogen-bond donors (Lipinski definition) is 5. The molecule has 1 aliphatic rings. The Morgan fingerprint density at radius 2 is 1.35 bits per heavy atom. The zero-order valence-electron chi connectivity index (χ0n) is 30.4. The van der Waals surface area contributed by atoms with Crippen molar-refractivity contribution in [1.82, 2.24) is 21.3 Å². The molecule has 20 heteroatoms. The first-order chi connectivity index (χ1) is 23.3. The normalized spacial score (nSPS) is 18.7. The highest BCUT2D eigenvalue weighted by Crippen LogP contribution is 2.28. The van der Waals surface area contributed by atoms with Crippen LogP contribution in [0.2, 0.25) is 0 Å². The van der Waals surface area contributed by atoms with Crippen molar-refractivity contribution in [3.05, 3.63) is 11.8 Å². The van der Waals surface area contributed by atoms with E-state index in [-0.39, 0.29) is 0 Å². The van der Waals surface area contributed by atoms with Gasteiger partial charge in [0.2, 0.25) is 11.9 Å². The lowest BCUT2D eigenvalue weighted by Crippen LogP contribution is -2.62. The van der Waals surface area contributed by atoms with Crippen LogP contribution >= 0.6 is 0 Å². The molecule has 0 radical (unpaired) electrons. The predicted molar refractivity (Wildman–Crippen MR) is 174 cm³/mol. The maximum atomic E-state index is 13.3. The van der Waals surface area contributed by atoms with E-state index in [1.54, 1.807) is 41.5 Å². The summed E-state index contributed by atoms with van der Waals surface area (Å²) in [5.41, 5.74) is -2.03. The first-order valence-electron chi connectivity index (χ1n) is 15.5. The average Bonchev–Trinajstić information content (AvgIpc) is 2.91. The fourth-order valence-electron chi connectivity index (χ4n) is 4.16. The lowest BCUT2D eigenvalue weighted by atomic mass is 9.91. The van der Waals surface area contributed by atoms with E-state index in [1.807, 2.05) is 0 Å². The Morgan fingerprint density at radius 1 is 0.843 bits per heavy atom. The van der Waals surface area contributed by atoms with Gasteiger partial charge >= 0.3 is 36.1 Å². The van der Waals surface area contributed by atoms with Crippen molar-refractivity contribution in [3.63, 3.8) is 0 Å². The number of hydrogen-bond acceptors (Lipinski definition) is 15. The molecular weight excluding hydrogens is 682 g/mol. The SMILES string of the molecule is CC(=O)N[C@H]1[C@H]([C@H](OC(C)=O)[C@@H](COC(C)=O)OC(C)=O)OC(C(=O)N[C@@H](C)C(=O)O)=C[C@@H]1N=C(NC(=O)OC(C)(C)C)NC(=O)OC(C)(C)C. The molecule has 6 atom stereocenters. The number of aliphatic carboxylic acids is 1. The molecule has 0 saturated heterocycles. The van der Waals surface area contributed by atoms with Gasteiger partial charge in [-0.3, -0.25) is 39.4 Å². The molecule has 0 unspecified atom stereocenters. The summed E-state index contributed by atoms with van der Waals surface area (Å²) in [7, 11) is 0. The van der Waals surface area contributed by atoms with E-state index in [2.05, 4.69) is 26.3 Å². The van der Waals surface area contributed by atoms with Gasteiger partial charge in [0.1, 0.15) is 23.9 Å². The van der Waals surface area contributed by atoms with Gasteiger partial charge in [0.25, 0.3) is 5.91 Å². The molecule has 1 aliphatic heterocycles. The van der Waals surface area contributed by atoms with Crippen LogP contribution in [0.15, 0.2) is 16.8 Å². The smallest absolute Gasteiger partial charge is 0.414 e. The lowest BCUT2D eigenvalue weighted by molar-refractivity contribution is -0.187. The standard InChI is InChI=1S/C31H47N5O15/c1-14(26(42)43)32-25(41)20-12-19(34-27(35-28(44)50-30(6,7)8)36-29(45)51-31(9,10)11)22(33-15(2)37)24(49-20)23(48-18(5)40)21(47-17(4)39)13-46-16(3)38/h12,14,19,21-24H,13H2,1-11H3,(H,32,41)(H,33,37)(H,42,43)(H2,34,35,36,44,45)/t14-,19-,21+,22+,23+,24+/m0/s1. The molecule has 0 spiro atoms. The van der Waals surface area contributed by atoms with Crippen molar-refractivity contribution in [1.29, 1.82) is 0 Å². The molecule has 5 N–H and O–H groups in total. The predicted octanol–water partition coefficient (Wildman–Crippen LogP) is 0.564. The van der Waals surface area contributed by atoms with Crippen molar-refractivity contribution in [2.75, 3.05) is 6.61 Å². The van der Waals surface area contributed by atoms with E-state index in [0.717, 1.165) is 40.7 Å². The van der Waals surface area contributed by atoms with Crippen LogP contribution in [0.4, 0.5) is 9.59 Å². The summed E-state index contributed by atoms with van der Waals surface area (Å²) in [5.74, 6) is -7.21. The highest BCUT2D eigenvalue weighted by atomic mass is 16.6. The zero-order valence-corrected chi connectivity index (χ0v) is 30.4. The second-order valence-corrected chi connectivity index (χ2v) is 13.1. The molecule has 4 amide bonds. The van der Waals surface area contributed by atoms with Crippen LogP contribution < -0.4 is 21.3 Å². The molecule has 286 valence electrons. The third-order valence-corrected chi connectivity index (χ3v) is 5.90. The average molecular weight is 730 g/mol. The van der Waals surface area contributed by atoms with Crippen molar-refractivity contribution >= 4 is 53.8 Å². The Hall–Kier alpha value is -5.43. The van der Waals surface area contributed by atoms with Gasteiger partial charge in [-0.25, -0.2) is 14.6 Å². The van der Waals surface area contributed by atoms with Crippen LogP contribution in [0.5, 0.6) is 0 Å². The summed E-state index contributed by atoms with van der Waals surface area (Å²) in [6, 6.07) is -4.46. The van der Waals surface area contributed by atoms with Crippen LogP contribution in [0, 0.1) is 0 Å². The molecule has 0 aromatic rings. The van der Waals surface area contributed by atoms with Gasteiger partial charge < -0.3 is 44.2 Å². The second kappa shape index (κ2) is 18.5. The highest BCUT2D eigenvalue weighted by molar-refractivity contribution is 6.01. The molecule has 0 fully saturated rings. The molecule has 20 nitrogen and oxygen atoms in total. The number of carbonyl (C=O) groups is 8. The molecule has 51 heavy (non-hydrogen) atoms. The molecule has 0 aromatic heterocycles. The second-order valence-electron chi connectivity index (χ2n) is 13.1. The van der Waals surface area contributed by atoms with Gasteiger partial charge in [0, 0.05) is 27.7 Å². The number of amides is 4. The number of carboxylic acid groups (broad SMARTS) is 1. The third kappa shape index (κ3) is 16.7. The number of rotatable bonds is 11. The van der Waals surface area contributed by atoms with E-state index >= 15 is 0 Å². The van der Waals surface area contributed by atoms with E-state index in [9.17, 15) is 43.5 Å². The summed E-state index contributed by atoms with van der Waals surface area (Å²) in [4.78, 5) is 104. The van der Waals surface area contributed by atoms with Crippen LogP contribution in [0.3, 0.4) is 0 Å². The quantitative estimate of drug-likeness (QED) is 0.0841. The van der Waals surface area contributed by atoms with Gasteiger partial charge in [-0.1, -0.05) is 0 Å². The fourth-order valence-corrected chi connectivity index (χ4v) is 4.16. The van der Waals surface area contributed by atoms with Gasteiger partial charge in [-0.2, -0.15) is 0 Å². The molecule has 0 saturated carbocycles. The maximum absolute atomic E-state index is 13.3. The molecule has 0 aromatic carbocycles. The topological polar surface area (TPSA) is 273 Å². The minimum absolute atomic E-state index is 0.616. The Balaban J connectivity index is 4.08. The molecule has 0 aliphatic carbocycles. The Labute approximate surface area is 294 Å². The number of guanidine groups is 1. The summed E-state index contributed by atoms with van der Waals surface area (Å²) in [6.45, 7) is 14.0. The van der Waals surface area contributed by atoms with E-state index in [1.165, 1.54) is 0 Å². The first kappa shape index (κ1) is 43.6. The van der Waals surface area contributed by atoms with E-state index < -0.39 is 114 Å². The number of ether oxygens (including phenoxy) is 6. The molecule has 0 bridgehead atoms. The minimum atomic E-state index is -1.75. The molecular formula is C31H47N5O15. The lowest BCUT2D eigenvalue weighted by Gasteiger charge is -2.41. The summed E-state index contributed by atoms with van der Waals surface area (Å²) in [5, 5.41) is 18.6. The molecule has 1 heterocycles. The van der Waals surface area contributed by atoms with Gasteiger partial charge in [-0.05, 0) is 54.5 Å².